The molecule has 0 spiro atoms. The van der Waals surface area contributed by atoms with Crippen LogP contribution in [-0.2, 0) is 4.79 Å². The number of benzene rings is 1. The molecule has 1 aromatic carbocycles. The zero-order chi connectivity index (χ0) is 15.5. The summed E-state index contributed by atoms with van der Waals surface area (Å²) < 4.78 is 0. The molecule has 0 aliphatic carbocycles. The lowest BCUT2D eigenvalue weighted by Gasteiger charge is -2.27. The Balaban J connectivity index is 2.78. The number of carbonyl (C=O) groups is 1. The molecule has 20 heavy (non-hydrogen) atoms. The first kappa shape index (κ1) is 17.1. The summed E-state index contributed by atoms with van der Waals surface area (Å²) >= 11 is 12.2. The summed E-state index contributed by atoms with van der Waals surface area (Å²) in [7, 11) is 0. The van der Waals surface area contributed by atoms with Crippen LogP contribution in [0, 0.1) is 6.92 Å². The van der Waals surface area contributed by atoms with Crippen LogP contribution in [-0.4, -0.2) is 17.5 Å². The number of nitrogens with one attached hydrogen (secondary N) is 2. The highest BCUT2D eigenvalue weighted by atomic mass is 35.5. The highest BCUT2D eigenvalue weighted by Crippen LogP contribution is 2.29. The van der Waals surface area contributed by atoms with Gasteiger partial charge in [-0.15, -0.1) is 0 Å². The first-order valence-corrected chi connectivity index (χ1v) is 7.46. The molecule has 3 nitrogen and oxygen atoms in total. The molecule has 0 radical (unpaired) electrons. The van der Waals surface area contributed by atoms with Crippen molar-refractivity contribution in [3.63, 3.8) is 0 Å². The van der Waals surface area contributed by atoms with Gasteiger partial charge < -0.3 is 10.6 Å². The van der Waals surface area contributed by atoms with E-state index in [0.29, 0.717) is 15.7 Å². The predicted molar refractivity (Wildman–Crippen MR) is 86.8 cm³/mol. The van der Waals surface area contributed by atoms with Gasteiger partial charge in [-0.1, -0.05) is 30.1 Å². The van der Waals surface area contributed by atoms with Gasteiger partial charge >= 0.3 is 0 Å². The van der Waals surface area contributed by atoms with Gasteiger partial charge in [-0.05, 0) is 51.8 Å². The second-order valence-corrected chi connectivity index (χ2v) is 6.49. The van der Waals surface area contributed by atoms with E-state index in [1.165, 1.54) is 0 Å². The Morgan fingerprint density at radius 2 is 1.90 bits per heavy atom. The van der Waals surface area contributed by atoms with Crippen LogP contribution < -0.4 is 10.6 Å². The maximum Gasteiger partial charge on any atom is 0.242 e. The maximum absolute atomic E-state index is 12.1. The summed E-state index contributed by atoms with van der Waals surface area (Å²) in [5.41, 5.74) is 1.35. The molecule has 1 atom stereocenters. The van der Waals surface area contributed by atoms with Gasteiger partial charge in [0.05, 0.1) is 10.7 Å². The van der Waals surface area contributed by atoms with E-state index >= 15 is 0 Å². The van der Waals surface area contributed by atoms with E-state index in [1.807, 2.05) is 27.7 Å². The minimum Gasteiger partial charge on any atom is -0.373 e. The number of hydrogen-bond acceptors (Lipinski definition) is 2. The molecule has 0 aliphatic rings. The largest absolute Gasteiger partial charge is 0.373 e. The van der Waals surface area contributed by atoms with E-state index in [4.69, 9.17) is 23.2 Å². The third-order valence-electron chi connectivity index (χ3n) is 3.36. The van der Waals surface area contributed by atoms with Crippen LogP contribution in [0.15, 0.2) is 12.1 Å². The zero-order valence-electron chi connectivity index (χ0n) is 12.6. The molecular weight excluding hydrogens is 295 g/mol. The number of anilines is 1. The summed E-state index contributed by atoms with van der Waals surface area (Å²) in [6, 6.07) is 3.14. The lowest BCUT2D eigenvalue weighted by molar-refractivity contribution is -0.123. The number of aryl methyl sites for hydroxylation is 1. The number of rotatable bonds is 5. The molecule has 112 valence electrons. The molecule has 1 aromatic rings. The van der Waals surface area contributed by atoms with Crippen molar-refractivity contribution in [1.82, 2.24) is 5.32 Å². The fraction of sp³-hybridized carbons (Fsp3) is 0.533. The Kier molecular flexibility index (Phi) is 5.72. The molecule has 0 fully saturated rings. The van der Waals surface area contributed by atoms with Crippen molar-refractivity contribution in [2.24, 2.45) is 0 Å². The van der Waals surface area contributed by atoms with Crippen molar-refractivity contribution < 1.29 is 4.79 Å². The minimum absolute atomic E-state index is 0.0652. The van der Waals surface area contributed by atoms with Crippen molar-refractivity contribution in [1.29, 1.82) is 0 Å². The predicted octanol–water partition coefficient (Wildman–Crippen LogP) is 4.41. The van der Waals surface area contributed by atoms with Crippen LogP contribution in [0.25, 0.3) is 0 Å². The number of halogens is 2. The van der Waals surface area contributed by atoms with E-state index in [0.717, 1.165) is 12.0 Å². The van der Waals surface area contributed by atoms with Crippen LogP contribution in [0.3, 0.4) is 0 Å². The van der Waals surface area contributed by atoms with Crippen molar-refractivity contribution in [3.8, 4) is 0 Å². The molecule has 1 unspecified atom stereocenters. The Morgan fingerprint density at radius 1 is 1.30 bits per heavy atom. The van der Waals surface area contributed by atoms with Gasteiger partial charge in [0.25, 0.3) is 0 Å². The normalized spacial score (nSPS) is 12.9. The third kappa shape index (κ3) is 4.57. The van der Waals surface area contributed by atoms with Crippen LogP contribution in [0.4, 0.5) is 5.69 Å². The van der Waals surface area contributed by atoms with E-state index < -0.39 is 6.04 Å². The first-order valence-electron chi connectivity index (χ1n) is 6.70. The Morgan fingerprint density at radius 3 is 2.45 bits per heavy atom. The van der Waals surface area contributed by atoms with Gasteiger partial charge in [-0.2, -0.15) is 0 Å². The topological polar surface area (TPSA) is 41.1 Å². The maximum atomic E-state index is 12.1. The molecule has 0 aliphatic heterocycles. The van der Waals surface area contributed by atoms with Crippen molar-refractivity contribution >= 4 is 34.8 Å². The summed E-state index contributed by atoms with van der Waals surface area (Å²) in [5, 5.41) is 7.27. The molecule has 0 saturated heterocycles. The minimum atomic E-state index is -0.392. The molecule has 1 rings (SSSR count). The number of amides is 1. The average Bonchev–Trinajstić information content (AvgIpc) is 2.35. The van der Waals surface area contributed by atoms with Crippen molar-refractivity contribution in [3.05, 3.63) is 27.7 Å². The molecule has 1 amide bonds. The second kappa shape index (κ2) is 6.68. The molecule has 5 heteroatoms. The van der Waals surface area contributed by atoms with Crippen LogP contribution >= 0.6 is 23.2 Å². The van der Waals surface area contributed by atoms with E-state index in [2.05, 4.69) is 10.6 Å². The molecule has 0 aromatic heterocycles. The lowest BCUT2D eigenvalue weighted by Crippen LogP contribution is -2.48. The van der Waals surface area contributed by atoms with Gasteiger partial charge in [0.1, 0.15) is 6.04 Å². The molecule has 0 heterocycles. The van der Waals surface area contributed by atoms with E-state index in [-0.39, 0.29) is 11.4 Å². The summed E-state index contributed by atoms with van der Waals surface area (Å²) in [6.45, 7) is 9.71. The van der Waals surface area contributed by atoms with Gasteiger partial charge in [0.15, 0.2) is 0 Å². The quantitative estimate of drug-likeness (QED) is 0.845. The van der Waals surface area contributed by atoms with E-state index in [9.17, 15) is 4.79 Å². The summed E-state index contributed by atoms with van der Waals surface area (Å²) in [5.74, 6) is -0.0652. The fourth-order valence-corrected chi connectivity index (χ4v) is 2.02. The highest BCUT2D eigenvalue weighted by Gasteiger charge is 2.22. The Hall–Kier alpha value is -0.930. The SMILES string of the molecule is CCC(C)(C)NC(=O)C(C)Nc1cc(Cl)c(C)cc1Cl. The smallest absolute Gasteiger partial charge is 0.242 e. The van der Waals surface area contributed by atoms with E-state index in [1.54, 1.807) is 19.1 Å². The zero-order valence-corrected chi connectivity index (χ0v) is 14.1. The molecular formula is C15H22Cl2N2O. The molecule has 2 N–H and O–H groups in total. The van der Waals surface area contributed by atoms with Crippen LogP contribution in [0.2, 0.25) is 10.0 Å². The molecule has 0 bridgehead atoms. The summed E-state index contributed by atoms with van der Waals surface area (Å²) in [4.78, 5) is 12.1. The lowest BCUT2D eigenvalue weighted by atomic mass is 10.0. The molecule has 0 saturated carbocycles. The number of carbonyl (C=O) groups excluding carboxylic acids is 1. The highest BCUT2D eigenvalue weighted by molar-refractivity contribution is 6.35. The average molecular weight is 317 g/mol. The van der Waals surface area contributed by atoms with Crippen LogP contribution in [0.5, 0.6) is 0 Å². The monoisotopic (exact) mass is 316 g/mol. The number of hydrogen-bond donors (Lipinski definition) is 2. The first-order chi connectivity index (χ1) is 9.16. The van der Waals surface area contributed by atoms with Gasteiger partial charge in [0.2, 0.25) is 5.91 Å². The van der Waals surface area contributed by atoms with Gasteiger partial charge in [-0.3, -0.25) is 4.79 Å². The van der Waals surface area contributed by atoms with Crippen LogP contribution in [0.1, 0.15) is 39.7 Å². The third-order valence-corrected chi connectivity index (χ3v) is 4.08. The Bertz CT molecular complexity index is 501. The Labute approximate surface area is 131 Å². The van der Waals surface area contributed by atoms with Crippen molar-refractivity contribution in [2.45, 2.75) is 52.6 Å². The summed E-state index contributed by atoms with van der Waals surface area (Å²) in [6.07, 6.45) is 0.864. The van der Waals surface area contributed by atoms with Gasteiger partial charge in [-0.25, -0.2) is 0 Å². The fourth-order valence-electron chi connectivity index (χ4n) is 1.59. The van der Waals surface area contributed by atoms with Gasteiger partial charge in [0, 0.05) is 10.6 Å². The second-order valence-electron chi connectivity index (χ2n) is 5.67. The standard InChI is InChI=1S/C15H22Cl2N2O/c1-6-15(4,5)19-14(20)10(3)18-13-8-11(16)9(2)7-12(13)17/h7-8,10,18H,6H2,1-5H3,(H,19,20). The van der Waals surface area contributed by atoms with Crippen molar-refractivity contribution in [2.75, 3.05) is 5.32 Å².